The molecule has 1 aliphatic heterocycles. The molecule has 1 fully saturated rings. The highest BCUT2D eigenvalue weighted by atomic mass is 127. The summed E-state index contributed by atoms with van der Waals surface area (Å²) < 4.78 is 13.3. The smallest absolute Gasteiger partial charge is 0.151 e. The van der Waals surface area contributed by atoms with Gasteiger partial charge in [-0.2, -0.15) is 0 Å². The Hall–Kier alpha value is -1.11. The van der Waals surface area contributed by atoms with Gasteiger partial charge in [-0.1, -0.05) is 36.4 Å². The largest absolute Gasteiger partial charge is 0.483 e. The fourth-order valence-corrected chi connectivity index (χ4v) is 2.98. The second-order valence-corrected chi connectivity index (χ2v) is 6.27. The number of halogens is 1. The molecule has 1 saturated heterocycles. The summed E-state index contributed by atoms with van der Waals surface area (Å²) in [6, 6.07) is 18.4. The highest BCUT2D eigenvalue weighted by Crippen LogP contribution is 2.28. The molecule has 4 heteroatoms. The van der Waals surface area contributed by atoms with E-state index in [2.05, 4.69) is 46.1 Å². The molecule has 0 spiro atoms. The molecule has 0 unspecified atom stereocenters. The molecule has 1 aliphatic rings. The van der Waals surface area contributed by atoms with Crippen LogP contribution in [0.15, 0.2) is 54.6 Å². The zero-order valence-corrected chi connectivity index (χ0v) is 13.8. The van der Waals surface area contributed by atoms with Gasteiger partial charge in [0.05, 0.1) is 6.61 Å². The molecule has 0 saturated carbocycles. The summed E-state index contributed by atoms with van der Waals surface area (Å²) in [7, 11) is 0. The Morgan fingerprint density at radius 3 is 2.71 bits per heavy atom. The summed E-state index contributed by atoms with van der Waals surface area (Å²) in [4.78, 5) is 0. The van der Waals surface area contributed by atoms with Crippen LogP contribution in [-0.4, -0.2) is 25.8 Å². The molecule has 2 atom stereocenters. The third-order valence-corrected chi connectivity index (χ3v) is 4.15. The Labute approximate surface area is 138 Å². The molecule has 0 amide bonds. The lowest BCUT2D eigenvalue weighted by atomic mass is 10.0. The molecule has 3 nitrogen and oxygen atoms in total. The molecular formula is C17H18INO2. The van der Waals surface area contributed by atoms with Gasteiger partial charge in [-0.05, 0) is 46.4 Å². The summed E-state index contributed by atoms with van der Waals surface area (Å²) in [6.45, 7) is 2.44. The molecular weight excluding hydrogens is 377 g/mol. The summed E-state index contributed by atoms with van der Waals surface area (Å²) in [5, 5.41) is 3.38. The van der Waals surface area contributed by atoms with Crippen LogP contribution in [0.3, 0.4) is 0 Å². The number of rotatable bonds is 4. The predicted octanol–water partition coefficient (Wildman–Crippen LogP) is 3.40. The summed E-state index contributed by atoms with van der Waals surface area (Å²) in [5.41, 5.74) is 1.14. The number of benzene rings is 2. The Balaban J connectivity index is 1.85. The van der Waals surface area contributed by atoms with Crippen molar-refractivity contribution in [3.05, 3.63) is 63.7 Å². The van der Waals surface area contributed by atoms with E-state index in [0.717, 1.165) is 31.0 Å². The van der Waals surface area contributed by atoms with Crippen molar-refractivity contribution in [3.63, 3.8) is 0 Å². The summed E-state index contributed by atoms with van der Waals surface area (Å²) in [6.07, 6.45) is -0.0729. The number of hydrogen-bond acceptors (Lipinski definition) is 3. The average Bonchev–Trinajstić information content (AvgIpc) is 2.54. The van der Waals surface area contributed by atoms with Crippen LogP contribution in [0.5, 0.6) is 5.75 Å². The number of nitrogens with one attached hydrogen (secondary N) is 1. The van der Waals surface area contributed by atoms with Gasteiger partial charge in [-0.25, -0.2) is 0 Å². The minimum absolute atomic E-state index is 0.0269. The van der Waals surface area contributed by atoms with E-state index in [0.29, 0.717) is 0 Å². The van der Waals surface area contributed by atoms with Crippen molar-refractivity contribution in [2.24, 2.45) is 0 Å². The van der Waals surface area contributed by atoms with Crippen LogP contribution >= 0.6 is 22.6 Å². The normalized spacial score (nSPS) is 20.0. The van der Waals surface area contributed by atoms with E-state index in [1.54, 1.807) is 0 Å². The first-order valence-corrected chi connectivity index (χ1v) is 8.20. The molecule has 0 aliphatic carbocycles. The SMILES string of the molecule is Ic1cccc(O[C@@H](c2ccccc2)[C@H]2CNCCO2)c1. The maximum atomic E-state index is 6.25. The fraction of sp³-hybridized carbons (Fsp3) is 0.294. The van der Waals surface area contributed by atoms with Crippen LogP contribution in [0.25, 0.3) is 0 Å². The van der Waals surface area contributed by atoms with E-state index >= 15 is 0 Å². The molecule has 21 heavy (non-hydrogen) atoms. The maximum Gasteiger partial charge on any atom is 0.151 e. The summed E-state index contributed by atoms with van der Waals surface area (Å²) in [5.74, 6) is 0.880. The Bertz CT molecular complexity index is 570. The number of hydrogen-bond donors (Lipinski definition) is 1. The van der Waals surface area contributed by atoms with E-state index in [1.165, 1.54) is 3.57 Å². The summed E-state index contributed by atoms with van der Waals surface area (Å²) >= 11 is 2.30. The number of ether oxygens (including phenoxy) is 2. The van der Waals surface area contributed by atoms with Gasteiger partial charge in [0.2, 0.25) is 0 Å². The van der Waals surface area contributed by atoms with Gasteiger partial charge in [0, 0.05) is 16.7 Å². The first-order chi connectivity index (χ1) is 10.3. The van der Waals surface area contributed by atoms with Gasteiger partial charge in [0.15, 0.2) is 6.10 Å². The molecule has 0 radical (unpaired) electrons. The molecule has 110 valence electrons. The third-order valence-electron chi connectivity index (χ3n) is 3.48. The van der Waals surface area contributed by atoms with Crippen LogP contribution in [0.4, 0.5) is 0 Å². The monoisotopic (exact) mass is 395 g/mol. The average molecular weight is 395 g/mol. The van der Waals surface area contributed by atoms with Crippen LogP contribution in [0, 0.1) is 3.57 Å². The highest BCUT2D eigenvalue weighted by Gasteiger charge is 2.27. The zero-order chi connectivity index (χ0) is 14.5. The van der Waals surface area contributed by atoms with Crippen molar-refractivity contribution >= 4 is 22.6 Å². The molecule has 2 aromatic rings. The van der Waals surface area contributed by atoms with E-state index < -0.39 is 0 Å². The molecule has 3 rings (SSSR count). The topological polar surface area (TPSA) is 30.5 Å². The zero-order valence-electron chi connectivity index (χ0n) is 11.7. The van der Waals surface area contributed by atoms with Crippen molar-refractivity contribution in [1.29, 1.82) is 0 Å². The van der Waals surface area contributed by atoms with E-state index in [4.69, 9.17) is 9.47 Å². The van der Waals surface area contributed by atoms with E-state index in [9.17, 15) is 0 Å². The quantitative estimate of drug-likeness (QED) is 0.806. The second-order valence-electron chi connectivity index (χ2n) is 5.02. The fourth-order valence-electron chi connectivity index (χ4n) is 2.47. The van der Waals surface area contributed by atoms with Gasteiger partial charge in [-0.15, -0.1) is 0 Å². The van der Waals surface area contributed by atoms with Gasteiger partial charge in [0.1, 0.15) is 11.9 Å². The van der Waals surface area contributed by atoms with Gasteiger partial charge in [-0.3, -0.25) is 0 Å². The van der Waals surface area contributed by atoms with Gasteiger partial charge in [0.25, 0.3) is 0 Å². The van der Waals surface area contributed by atoms with Gasteiger partial charge >= 0.3 is 0 Å². The highest BCUT2D eigenvalue weighted by molar-refractivity contribution is 14.1. The lowest BCUT2D eigenvalue weighted by molar-refractivity contribution is -0.0432. The Kier molecular flexibility index (Phi) is 5.11. The lowest BCUT2D eigenvalue weighted by Gasteiger charge is -2.31. The molecule has 2 aromatic carbocycles. The van der Waals surface area contributed by atoms with Crippen LogP contribution in [0.1, 0.15) is 11.7 Å². The molecule has 0 bridgehead atoms. The molecule has 1 heterocycles. The second kappa shape index (κ2) is 7.24. The standard InChI is InChI=1S/C17H18INO2/c18-14-7-4-8-15(11-14)21-17(13-5-2-1-3-6-13)16-12-19-9-10-20-16/h1-8,11,16-17,19H,9-10,12H2/t16-,17+/m1/s1. The lowest BCUT2D eigenvalue weighted by Crippen LogP contribution is -2.43. The minimum atomic E-state index is -0.0998. The van der Waals surface area contributed by atoms with E-state index in [1.807, 2.05) is 36.4 Å². The van der Waals surface area contributed by atoms with Crippen molar-refractivity contribution < 1.29 is 9.47 Å². The van der Waals surface area contributed by atoms with Crippen LogP contribution < -0.4 is 10.1 Å². The van der Waals surface area contributed by atoms with E-state index in [-0.39, 0.29) is 12.2 Å². The van der Waals surface area contributed by atoms with Crippen molar-refractivity contribution in [1.82, 2.24) is 5.32 Å². The van der Waals surface area contributed by atoms with Crippen LogP contribution in [-0.2, 0) is 4.74 Å². The van der Waals surface area contributed by atoms with Crippen molar-refractivity contribution in [3.8, 4) is 5.75 Å². The first kappa shape index (κ1) is 14.8. The van der Waals surface area contributed by atoms with Crippen LogP contribution in [0.2, 0.25) is 0 Å². The predicted molar refractivity (Wildman–Crippen MR) is 91.6 cm³/mol. The third kappa shape index (κ3) is 3.96. The van der Waals surface area contributed by atoms with Gasteiger partial charge < -0.3 is 14.8 Å². The molecule has 1 N–H and O–H groups in total. The van der Waals surface area contributed by atoms with Crippen molar-refractivity contribution in [2.45, 2.75) is 12.2 Å². The number of morpholine rings is 1. The minimum Gasteiger partial charge on any atom is -0.483 e. The Morgan fingerprint density at radius 2 is 2.00 bits per heavy atom. The first-order valence-electron chi connectivity index (χ1n) is 7.12. The molecule has 0 aromatic heterocycles. The maximum absolute atomic E-state index is 6.25. The van der Waals surface area contributed by atoms with Crippen molar-refractivity contribution in [2.75, 3.05) is 19.7 Å². The Morgan fingerprint density at radius 1 is 1.14 bits per heavy atom.